The van der Waals surface area contributed by atoms with Crippen LogP contribution in [0.2, 0.25) is 0 Å². The van der Waals surface area contributed by atoms with E-state index in [0.717, 1.165) is 0 Å². The number of hydrogen-bond acceptors (Lipinski definition) is 1. The van der Waals surface area contributed by atoms with Gasteiger partial charge in [-0.1, -0.05) is 72.8 Å². The van der Waals surface area contributed by atoms with Crippen molar-refractivity contribution in [2.45, 2.75) is 0 Å². The zero-order chi connectivity index (χ0) is 18.6. The summed E-state index contributed by atoms with van der Waals surface area (Å²) in [5.74, 6) is 0.365. The van der Waals surface area contributed by atoms with Gasteiger partial charge in [0.25, 0.3) is 0 Å². The summed E-state index contributed by atoms with van der Waals surface area (Å²) in [5.41, 5.74) is 2.19. The summed E-state index contributed by atoms with van der Waals surface area (Å²) in [6.07, 6.45) is 0. The Hall–Kier alpha value is -3.46. The van der Waals surface area contributed by atoms with E-state index in [-0.39, 0.29) is 11.6 Å². The molecule has 27 heavy (non-hydrogen) atoms. The van der Waals surface area contributed by atoms with Crippen molar-refractivity contribution in [3.8, 4) is 33.8 Å². The highest BCUT2D eigenvalue weighted by atomic mass is 19.1. The molecule has 0 N–H and O–H groups in total. The van der Waals surface area contributed by atoms with Crippen molar-refractivity contribution in [1.29, 1.82) is 0 Å². The van der Waals surface area contributed by atoms with Gasteiger partial charge in [-0.2, -0.15) is 0 Å². The van der Waals surface area contributed by atoms with Crippen LogP contribution in [0.5, 0.6) is 11.5 Å². The van der Waals surface area contributed by atoms with Crippen molar-refractivity contribution >= 4 is 0 Å². The summed E-state index contributed by atoms with van der Waals surface area (Å²) in [6.45, 7) is 0. The van der Waals surface area contributed by atoms with E-state index in [2.05, 4.69) is 0 Å². The highest BCUT2D eigenvalue weighted by Gasteiger charge is 2.14. The maximum Gasteiger partial charge on any atom is 0.135 e. The first-order chi connectivity index (χ1) is 13.2. The number of para-hydroxylation sites is 2. The molecule has 3 heteroatoms. The molecule has 0 atom stereocenters. The van der Waals surface area contributed by atoms with Gasteiger partial charge in [0.05, 0.1) is 0 Å². The standard InChI is InChI=1S/C24H16F2O/c25-21-13-5-1-9-17(21)19-11-3-7-15-23(19)27-24-16-8-4-12-20(24)18-10-2-6-14-22(18)26/h1-16H. The SMILES string of the molecule is Fc1ccccc1-c1ccccc1Oc1ccccc1-c1ccccc1F. The van der Waals surface area contributed by atoms with Crippen LogP contribution in [0.25, 0.3) is 22.3 Å². The Kier molecular flexibility index (Phi) is 4.67. The van der Waals surface area contributed by atoms with Crippen LogP contribution in [-0.4, -0.2) is 0 Å². The van der Waals surface area contributed by atoms with Crippen LogP contribution >= 0.6 is 0 Å². The Morgan fingerprint density at radius 3 is 1.15 bits per heavy atom. The predicted molar refractivity (Wildman–Crippen MR) is 104 cm³/mol. The molecule has 0 spiro atoms. The predicted octanol–water partition coefficient (Wildman–Crippen LogP) is 7.09. The third-order valence-corrected chi connectivity index (χ3v) is 4.32. The second-order valence-electron chi connectivity index (χ2n) is 6.05. The number of ether oxygens (including phenoxy) is 1. The maximum absolute atomic E-state index is 14.3. The van der Waals surface area contributed by atoms with Crippen LogP contribution in [0.1, 0.15) is 0 Å². The second kappa shape index (κ2) is 7.42. The molecule has 132 valence electrons. The number of hydrogen-bond donors (Lipinski definition) is 0. The molecule has 4 aromatic rings. The first-order valence-corrected chi connectivity index (χ1v) is 8.60. The van der Waals surface area contributed by atoms with E-state index in [1.807, 2.05) is 24.3 Å². The Balaban J connectivity index is 1.80. The van der Waals surface area contributed by atoms with Crippen molar-refractivity contribution in [2.75, 3.05) is 0 Å². The second-order valence-corrected chi connectivity index (χ2v) is 6.05. The van der Waals surface area contributed by atoms with Gasteiger partial charge >= 0.3 is 0 Å². The van der Waals surface area contributed by atoms with E-state index in [4.69, 9.17) is 4.74 Å². The molecule has 0 radical (unpaired) electrons. The smallest absolute Gasteiger partial charge is 0.135 e. The van der Waals surface area contributed by atoms with E-state index in [0.29, 0.717) is 33.8 Å². The fraction of sp³-hybridized carbons (Fsp3) is 0. The fourth-order valence-corrected chi connectivity index (χ4v) is 3.03. The summed E-state index contributed by atoms with van der Waals surface area (Å²) < 4.78 is 34.7. The van der Waals surface area contributed by atoms with Crippen molar-refractivity contribution < 1.29 is 13.5 Å². The highest BCUT2D eigenvalue weighted by Crippen LogP contribution is 2.38. The summed E-state index contributed by atoms with van der Waals surface area (Å²) >= 11 is 0. The van der Waals surface area contributed by atoms with Gasteiger partial charge in [-0.25, -0.2) is 8.78 Å². The monoisotopic (exact) mass is 358 g/mol. The minimum Gasteiger partial charge on any atom is -0.456 e. The average molecular weight is 358 g/mol. The summed E-state index contributed by atoms with van der Waals surface area (Å²) in [5, 5.41) is 0. The van der Waals surface area contributed by atoms with Gasteiger partial charge in [-0.05, 0) is 24.3 Å². The molecule has 0 aliphatic carbocycles. The quantitative estimate of drug-likeness (QED) is 0.378. The lowest BCUT2D eigenvalue weighted by atomic mass is 10.0. The zero-order valence-electron chi connectivity index (χ0n) is 14.4. The van der Waals surface area contributed by atoms with Crippen LogP contribution in [0, 0.1) is 11.6 Å². The van der Waals surface area contributed by atoms with Gasteiger partial charge in [0.2, 0.25) is 0 Å². The lowest BCUT2D eigenvalue weighted by molar-refractivity contribution is 0.485. The Morgan fingerprint density at radius 1 is 0.407 bits per heavy atom. The molecule has 4 aromatic carbocycles. The van der Waals surface area contributed by atoms with Gasteiger partial charge in [0.1, 0.15) is 23.1 Å². The minimum absolute atomic E-state index is 0.323. The highest BCUT2D eigenvalue weighted by molar-refractivity contribution is 5.74. The zero-order valence-corrected chi connectivity index (χ0v) is 14.4. The normalized spacial score (nSPS) is 10.6. The Bertz CT molecular complexity index is 1000. The maximum atomic E-state index is 14.3. The molecule has 0 fully saturated rings. The topological polar surface area (TPSA) is 9.23 Å². The summed E-state index contributed by atoms with van der Waals surface area (Å²) in [6, 6.07) is 27.6. The van der Waals surface area contributed by atoms with Crippen LogP contribution in [0.4, 0.5) is 8.78 Å². The molecule has 0 heterocycles. The van der Waals surface area contributed by atoms with Crippen molar-refractivity contribution in [2.24, 2.45) is 0 Å². The molecule has 1 nitrogen and oxygen atoms in total. The molecule has 0 amide bonds. The number of benzene rings is 4. The van der Waals surface area contributed by atoms with Crippen LogP contribution in [0.15, 0.2) is 97.1 Å². The summed E-state index contributed by atoms with van der Waals surface area (Å²) in [4.78, 5) is 0. The van der Waals surface area contributed by atoms with Gasteiger partial charge in [-0.15, -0.1) is 0 Å². The lowest BCUT2D eigenvalue weighted by Crippen LogP contribution is -1.93. The third-order valence-electron chi connectivity index (χ3n) is 4.32. The molecule has 0 saturated heterocycles. The first kappa shape index (κ1) is 17.0. The van der Waals surface area contributed by atoms with Gasteiger partial charge in [0.15, 0.2) is 0 Å². The average Bonchev–Trinajstić information content (AvgIpc) is 2.70. The van der Waals surface area contributed by atoms with E-state index in [1.165, 1.54) is 12.1 Å². The van der Waals surface area contributed by atoms with Crippen molar-refractivity contribution in [3.63, 3.8) is 0 Å². The van der Waals surface area contributed by atoms with E-state index >= 15 is 0 Å². The van der Waals surface area contributed by atoms with E-state index in [1.54, 1.807) is 60.7 Å². The molecular formula is C24H16F2O. The molecule has 4 rings (SSSR count). The largest absolute Gasteiger partial charge is 0.456 e. The van der Waals surface area contributed by atoms with Gasteiger partial charge in [0, 0.05) is 22.3 Å². The van der Waals surface area contributed by atoms with Crippen LogP contribution in [-0.2, 0) is 0 Å². The number of rotatable bonds is 4. The van der Waals surface area contributed by atoms with Gasteiger partial charge in [-0.3, -0.25) is 0 Å². The van der Waals surface area contributed by atoms with Crippen LogP contribution in [0.3, 0.4) is 0 Å². The summed E-state index contributed by atoms with van der Waals surface area (Å²) in [7, 11) is 0. The molecule has 0 bridgehead atoms. The number of halogens is 2. The van der Waals surface area contributed by atoms with Crippen molar-refractivity contribution in [3.05, 3.63) is 109 Å². The van der Waals surface area contributed by atoms with Crippen molar-refractivity contribution in [1.82, 2.24) is 0 Å². The molecular weight excluding hydrogens is 342 g/mol. The molecule has 0 aliphatic heterocycles. The lowest BCUT2D eigenvalue weighted by Gasteiger charge is -2.15. The van der Waals surface area contributed by atoms with E-state index < -0.39 is 0 Å². The van der Waals surface area contributed by atoms with Crippen LogP contribution < -0.4 is 4.74 Å². The molecule has 0 aliphatic rings. The molecule has 0 aromatic heterocycles. The minimum atomic E-state index is -0.323. The third kappa shape index (κ3) is 3.44. The molecule has 0 saturated carbocycles. The van der Waals surface area contributed by atoms with Gasteiger partial charge < -0.3 is 4.74 Å². The Labute approximate surface area is 156 Å². The fourth-order valence-electron chi connectivity index (χ4n) is 3.03. The first-order valence-electron chi connectivity index (χ1n) is 8.60. The Morgan fingerprint density at radius 2 is 0.741 bits per heavy atom. The molecule has 0 unspecified atom stereocenters. The van der Waals surface area contributed by atoms with E-state index in [9.17, 15) is 8.78 Å².